The van der Waals surface area contributed by atoms with E-state index in [-0.39, 0.29) is 12.8 Å². The summed E-state index contributed by atoms with van der Waals surface area (Å²) in [4.78, 5) is 23.6. The first-order valence-electron chi connectivity index (χ1n) is 6.81. The summed E-state index contributed by atoms with van der Waals surface area (Å²) in [7, 11) is 1.11. The molecule has 0 bridgehead atoms. The Morgan fingerprint density at radius 3 is 2.39 bits per heavy atom. The van der Waals surface area contributed by atoms with Crippen molar-refractivity contribution in [3.05, 3.63) is 35.1 Å². The number of carbonyl (C=O) groups is 2. The summed E-state index contributed by atoms with van der Waals surface area (Å²) in [6.07, 6.45) is 1.36. The number of hydrogen-bond donors (Lipinski definition) is 1. The van der Waals surface area contributed by atoms with Crippen LogP contribution in [0, 0.1) is 28.8 Å². The van der Waals surface area contributed by atoms with Gasteiger partial charge in [-0.15, -0.1) is 0 Å². The third-order valence-electron chi connectivity index (χ3n) is 3.06. The number of halogens is 3. The Hall–Kier alpha value is -2.56. The number of carbonyl (C=O) groups excluding carboxylic acids is 2. The summed E-state index contributed by atoms with van der Waals surface area (Å²) >= 11 is 0. The number of amides is 1. The Morgan fingerprint density at radius 2 is 1.87 bits per heavy atom. The van der Waals surface area contributed by atoms with Gasteiger partial charge in [0.25, 0.3) is 5.91 Å². The first-order valence-corrected chi connectivity index (χ1v) is 6.81. The van der Waals surface area contributed by atoms with Gasteiger partial charge in [-0.05, 0) is 19.3 Å². The molecule has 1 atom stereocenters. The summed E-state index contributed by atoms with van der Waals surface area (Å²) in [6, 6.07) is 1.56. The maximum Gasteiger partial charge on any atom is 0.328 e. The molecule has 0 saturated heterocycles. The molecule has 8 heteroatoms. The zero-order chi connectivity index (χ0) is 17.4. The third kappa shape index (κ3) is 5.29. The molecule has 0 radical (unpaired) electrons. The van der Waals surface area contributed by atoms with E-state index in [9.17, 15) is 22.8 Å². The van der Waals surface area contributed by atoms with Crippen molar-refractivity contribution < 1.29 is 27.5 Å². The molecule has 0 spiro atoms. The molecule has 1 aromatic carbocycles. The van der Waals surface area contributed by atoms with Crippen LogP contribution in [0.3, 0.4) is 0 Å². The highest BCUT2D eigenvalue weighted by molar-refractivity contribution is 5.97. The summed E-state index contributed by atoms with van der Waals surface area (Å²) in [5.41, 5.74) is -0.975. The Kier molecular flexibility index (Phi) is 7.06. The van der Waals surface area contributed by atoms with E-state index in [4.69, 9.17) is 5.26 Å². The monoisotopic (exact) mass is 328 g/mol. The SMILES string of the molecule is COC(=O)[C@H](CCCCC#N)NC(=O)c1c(F)cc(F)cc1F. The predicted molar refractivity (Wildman–Crippen MR) is 73.7 cm³/mol. The predicted octanol–water partition coefficient (Wildman–Crippen LogP) is 2.46. The third-order valence-corrected chi connectivity index (χ3v) is 3.06. The molecule has 1 N–H and O–H groups in total. The van der Waals surface area contributed by atoms with Gasteiger partial charge in [0.15, 0.2) is 0 Å². The van der Waals surface area contributed by atoms with Crippen LogP contribution in [-0.2, 0) is 9.53 Å². The number of ether oxygens (including phenoxy) is 1. The normalized spacial score (nSPS) is 11.4. The first kappa shape index (κ1) is 18.5. The van der Waals surface area contributed by atoms with Gasteiger partial charge in [0, 0.05) is 18.6 Å². The molecule has 0 heterocycles. The molecule has 0 aromatic heterocycles. The van der Waals surface area contributed by atoms with Crippen LogP contribution in [0.4, 0.5) is 13.2 Å². The van der Waals surface area contributed by atoms with Crippen LogP contribution in [0.25, 0.3) is 0 Å². The van der Waals surface area contributed by atoms with Gasteiger partial charge in [0.2, 0.25) is 0 Å². The molecule has 0 unspecified atom stereocenters. The van der Waals surface area contributed by atoms with Crippen LogP contribution >= 0.6 is 0 Å². The zero-order valence-electron chi connectivity index (χ0n) is 12.4. The molecule has 23 heavy (non-hydrogen) atoms. The van der Waals surface area contributed by atoms with Crippen molar-refractivity contribution in [2.45, 2.75) is 31.7 Å². The largest absolute Gasteiger partial charge is 0.467 e. The molecule has 124 valence electrons. The second kappa shape index (κ2) is 8.78. The lowest BCUT2D eigenvalue weighted by Crippen LogP contribution is -2.42. The van der Waals surface area contributed by atoms with Gasteiger partial charge in [-0.1, -0.05) is 0 Å². The lowest BCUT2D eigenvalue weighted by Gasteiger charge is -2.16. The van der Waals surface area contributed by atoms with E-state index >= 15 is 0 Å². The Labute approximate surface area is 131 Å². The number of nitrogens with one attached hydrogen (secondary N) is 1. The lowest BCUT2D eigenvalue weighted by molar-refractivity contribution is -0.143. The number of methoxy groups -OCH3 is 1. The van der Waals surface area contributed by atoms with Crippen LogP contribution in [0.2, 0.25) is 0 Å². The van der Waals surface area contributed by atoms with Crippen LogP contribution in [0.15, 0.2) is 12.1 Å². The van der Waals surface area contributed by atoms with Crippen molar-refractivity contribution >= 4 is 11.9 Å². The first-order chi connectivity index (χ1) is 10.9. The number of hydrogen-bond acceptors (Lipinski definition) is 4. The van der Waals surface area contributed by atoms with Crippen LogP contribution in [0.5, 0.6) is 0 Å². The minimum Gasteiger partial charge on any atom is -0.467 e. The molecule has 5 nitrogen and oxygen atoms in total. The van der Waals surface area contributed by atoms with Gasteiger partial charge in [0.05, 0.1) is 13.2 Å². The van der Waals surface area contributed by atoms with Gasteiger partial charge >= 0.3 is 5.97 Å². The van der Waals surface area contributed by atoms with Crippen molar-refractivity contribution in [2.75, 3.05) is 7.11 Å². The summed E-state index contributed by atoms with van der Waals surface area (Å²) in [6.45, 7) is 0. The van der Waals surface area contributed by atoms with E-state index in [0.717, 1.165) is 7.11 Å². The zero-order valence-corrected chi connectivity index (χ0v) is 12.4. The van der Waals surface area contributed by atoms with Gasteiger partial charge in [-0.2, -0.15) is 5.26 Å². The topological polar surface area (TPSA) is 79.2 Å². The second-order valence-electron chi connectivity index (χ2n) is 4.70. The standard InChI is InChI=1S/C15H15F3N2O3/c1-23-15(22)12(5-3-2-4-6-19)20-14(21)13-10(17)7-9(16)8-11(13)18/h7-8,12H,2-5H2,1H3,(H,20,21)/t12-/m0/s1. The Bertz CT molecular complexity index is 606. The van der Waals surface area contributed by atoms with Crippen molar-refractivity contribution in [1.82, 2.24) is 5.32 Å². The minimum atomic E-state index is -1.37. The molecule has 0 aliphatic rings. The molecule has 1 amide bonds. The van der Waals surface area contributed by atoms with Gasteiger partial charge in [0.1, 0.15) is 29.1 Å². The molecule has 0 fully saturated rings. The quantitative estimate of drug-likeness (QED) is 0.616. The van der Waals surface area contributed by atoms with E-state index in [1.54, 1.807) is 0 Å². The summed E-state index contributed by atoms with van der Waals surface area (Å²) in [5, 5.41) is 10.6. The number of nitrogens with zero attached hydrogens (tertiary/aromatic N) is 1. The highest BCUT2D eigenvalue weighted by Crippen LogP contribution is 2.15. The maximum atomic E-state index is 13.6. The minimum absolute atomic E-state index is 0.143. The van der Waals surface area contributed by atoms with Crippen molar-refractivity contribution in [3.63, 3.8) is 0 Å². The molecule has 1 aromatic rings. The average Bonchev–Trinajstić information content (AvgIpc) is 2.48. The molecule has 1 rings (SSSR count). The van der Waals surface area contributed by atoms with E-state index in [1.165, 1.54) is 0 Å². The molecular formula is C15H15F3N2O3. The van der Waals surface area contributed by atoms with E-state index in [0.29, 0.717) is 25.0 Å². The van der Waals surface area contributed by atoms with E-state index < -0.39 is 40.9 Å². The summed E-state index contributed by atoms with van der Waals surface area (Å²) in [5.74, 6) is -5.85. The highest BCUT2D eigenvalue weighted by atomic mass is 19.1. The molecule has 0 aliphatic heterocycles. The van der Waals surface area contributed by atoms with Crippen molar-refractivity contribution in [2.24, 2.45) is 0 Å². The number of unbranched alkanes of at least 4 members (excludes halogenated alkanes) is 2. The Balaban J connectivity index is 2.85. The van der Waals surface area contributed by atoms with Gasteiger partial charge < -0.3 is 10.1 Å². The number of nitriles is 1. The highest BCUT2D eigenvalue weighted by Gasteiger charge is 2.25. The molecular weight excluding hydrogens is 313 g/mol. The fourth-order valence-electron chi connectivity index (χ4n) is 1.93. The lowest BCUT2D eigenvalue weighted by atomic mass is 10.1. The smallest absolute Gasteiger partial charge is 0.328 e. The maximum absolute atomic E-state index is 13.6. The average molecular weight is 328 g/mol. The molecule has 0 aliphatic carbocycles. The summed E-state index contributed by atoms with van der Waals surface area (Å²) < 4.78 is 44.5. The van der Waals surface area contributed by atoms with Gasteiger partial charge in [-0.25, -0.2) is 18.0 Å². The van der Waals surface area contributed by atoms with Crippen LogP contribution in [-0.4, -0.2) is 25.0 Å². The van der Waals surface area contributed by atoms with Crippen LogP contribution in [0.1, 0.15) is 36.0 Å². The Morgan fingerprint density at radius 1 is 1.26 bits per heavy atom. The molecule has 0 saturated carbocycles. The van der Waals surface area contributed by atoms with E-state index in [1.807, 2.05) is 6.07 Å². The second-order valence-corrected chi connectivity index (χ2v) is 4.70. The fraction of sp³-hybridized carbons (Fsp3) is 0.400. The number of esters is 1. The van der Waals surface area contributed by atoms with Gasteiger partial charge in [-0.3, -0.25) is 4.79 Å². The fourth-order valence-corrected chi connectivity index (χ4v) is 1.93. The number of benzene rings is 1. The van der Waals surface area contributed by atoms with Crippen LogP contribution < -0.4 is 5.32 Å². The van der Waals surface area contributed by atoms with E-state index in [2.05, 4.69) is 10.1 Å². The number of rotatable bonds is 7. The van der Waals surface area contributed by atoms with Crippen molar-refractivity contribution in [3.8, 4) is 6.07 Å². The van der Waals surface area contributed by atoms with Crippen molar-refractivity contribution in [1.29, 1.82) is 5.26 Å².